The normalized spacial score (nSPS) is 9.21. The van der Waals surface area contributed by atoms with Crippen molar-refractivity contribution in [3.05, 3.63) is 18.0 Å². The van der Waals surface area contributed by atoms with Gasteiger partial charge in [-0.2, -0.15) is 5.10 Å². The van der Waals surface area contributed by atoms with Crippen LogP contribution in [0.1, 0.15) is 25.3 Å². The molecule has 4 heteroatoms. The number of ketones is 1. The third-order valence-electron chi connectivity index (χ3n) is 1.77. The minimum Gasteiger partial charge on any atom is -0.359 e. The third kappa shape index (κ3) is 3.31. The molecule has 14 heavy (non-hydrogen) atoms. The van der Waals surface area contributed by atoms with E-state index in [1.807, 2.05) is 6.20 Å². The van der Waals surface area contributed by atoms with E-state index in [1.54, 1.807) is 17.8 Å². The molecule has 0 bridgehead atoms. The zero-order valence-electron chi connectivity index (χ0n) is 8.16. The van der Waals surface area contributed by atoms with Gasteiger partial charge in [0.1, 0.15) is 5.78 Å². The SMILES string of the molecule is CC(=O)CCCn1cc(C#CN)cn1. The van der Waals surface area contributed by atoms with Crippen molar-refractivity contribution in [2.24, 2.45) is 5.73 Å². The van der Waals surface area contributed by atoms with Crippen LogP contribution in [0.25, 0.3) is 0 Å². The molecule has 1 aromatic rings. The molecule has 74 valence electrons. The summed E-state index contributed by atoms with van der Waals surface area (Å²) in [6.45, 7) is 2.33. The molecule has 4 nitrogen and oxygen atoms in total. The van der Waals surface area contributed by atoms with Crippen molar-refractivity contribution in [1.82, 2.24) is 9.78 Å². The fourth-order valence-electron chi connectivity index (χ4n) is 1.12. The Hall–Kier alpha value is -1.76. The van der Waals surface area contributed by atoms with Crippen LogP contribution in [-0.4, -0.2) is 15.6 Å². The highest BCUT2D eigenvalue weighted by atomic mass is 16.1. The molecule has 0 aliphatic heterocycles. The Bertz CT molecular complexity index is 370. The average Bonchev–Trinajstić information content (AvgIpc) is 2.53. The Kier molecular flexibility index (Phi) is 3.74. The fraction of sp³-hybridized carbons (Fsp3) is 0.400. The number of hydrogen-bond acceptors (Lipinski definition) is 3. The van der Waals surface area contributed by atoms with Gasteiger partial charge in [-0.3, -0.25) is 4.68 Å². The Labute approximate surface area is 83.1 Å². The highest BCUT2D eigenvalue weighted by Gasteiger charge is 1.97. The smallest absolute Gasteiger partial charge is 0.129 e. The van der Waals surface area contributed by atoms with Crippen LogP contribution in [0, 0.1) is 12.0 Å². The first-order valence-electron chi connectivity index (χ1n) is 4.46. The molecule has 2 N–H and O–H groups in total. The summed E-state index contributed by atoms with van der Waals surface area (Å²) < 4.78 is 1.77. The largest absolute Gasteiger partial charge is 0.359 e. The number of carbonyl (C=O) groups excluding carboxylic acids is 1. The second-order valence-electron chi connectivity index (χ2n) is 3.07. The molecular weight excluding hydrogens is 178 g/mol. The maximum atomic E-state index is 10.7. The maximum absolute atomic E-state index is 10.7. The van der Waals surface area contributed by atoms with Gasteiger partial charge in [0.05, 0.1) is 11.8 Å². The second kappa shape index (κ2) is 5.07. The number of carbonyl (C=O) groups is 1. The van der Waals surface area contributed by atoms with E-state index in [0.717, 1.165) is 18.5 Å². The average molecular weight is 191 g/mol. The van der Waals surface area contributed by atoms with Crippen LogP contribution in [0.3, 0.4) is 0 Å². The van der Waals surface area contributed by atoms with Crippen molar-refractivity contribution < 1.29 is 4.79 Å². The van der Waals surface area contributed by atoms with Crippen LogP contribution in [0.4, 0.5) is 0 Å². The summed E-state index contributed by atoms with van der Waals surface area (Å²) in [6.07, 6.45) is 4.89. The van der Waals surface area contributed by atoms with Gasteiger partial charge in [0.15, 0.2) is 0 Å². The number of nitrogens with two attached hydrogens (primary N) is 1. The predicted molar refractivity (Wildman–Crippen MR) is 53.2 cm³/mol. The molecule has 1 heterocycles. The number of aromatic nitrogens is 2. The van der Waals surface area contributed by atoms with Crippen LogP contribution >= 0.6 is 0 Å². The first-order valence-corrected chi connectivity index (χ1v) is 4.46. The lowest BCUT2D eigenvalue weighted by molar-refractivity contribution is -0.117. The van der Waals surface area contributed by atoms with Crippen molar-refractivity contribution in [3.8, 4) is 12.0 Å². The molecule has 1 aromatic heterocycles. The van der Waals surface area contributed by atoms with Gasteiger partial charge in [-0.15, -0.1) is 0 Å². The van der Waals surface area contributed by atoms with E-state index in [4.69, 9.17) is 5.73 Å². The van der Waals surface area contributed by atoms with Gasteiger partial charge in [-0.05, 0) is 19.3 Å². The summed E-state index contributed by atoms with van der Waals surface area (Å²) in [5, 5.41) is 4.08. The molecule has 0 saturated carbocycles. The molecule has 0 aliphatic rings. The predicted octanol–water partition coefficient (Wildman–Crippen LogP) is 0.520. The summed E-state index contributed by atoms with van der Waals surface area (Å²) in [7, 11) is 0. The molecule has 0 atom stereocenters. The molecule has 1 rings (SSSR count). The Morgan fingerprint density at radius 2 is 2.50 bits per heavy atom. The van der Waals surface area contributed by atoms with E-state index in [-0.39, 0.29) is 5.78 Å². The Morgan fingerprint density at radius 1 is 1.71 bits per heavy atom. The minimum absolute atomic E-state index is 0.208. The molecule has 0 fully saturated rings. The van der Waals surface area contributed by atoms with Gasteiger partial charge in [-0.25, -0.2) is 0 Å². The first kappa shape index (κ1) is 10.3. The summed E-state index contributed by atoms with van der Waals surface area (Å²) in [5.41, 5.74) is 5.87. The summed E-state index contributed by atoms with van der Waals surface area (Å²) in [4.78, 5) is 10.7. The number of Topliss-reactive ketones (excluding diaryl/α,β-unsaturated/α-hetero) is 1. The summed E-state index contributed by atoms with van der Waals surface area (Å²) >= 11 is 0. The van der Waals surface area contributed by atoms with Crippen LogP contribution in [-0.2, 0) is 11.3 Å². The standard InChI is InChI=1S/C10H13N3O/c1-9(14)3-2-6-13-8-10(4-5-11)7-12-13/h7-8H,2-3,6,11H2,1H3. The minimum atomic E-state index is 0.208. The lowest BCUT2D eigenvalue weighted by Crippen LogP contribution is -2.00. The highest BCUT2D eigenvalue weighted by molar-refractivity contribution is 5.75. The van der Waals surface area contributed by atoms with Gasteiger partial charge >= 0.3 is 0 Å². The van der Waals surface area contributed by atoms with Crippen molar-refractivity contribution >= 4 is 5.78 Å². The van der Waals surface area contributed by atoms with Crippen LogP contribution < -0.4 is 5.73 Å². The van der Waals surface area contributed by atoms with E-state index in [0.29, 0.717) is 6.42 Å². The van der Waals surface area contributed by atoms with E-state index in [9.17, 15) is 4.79 Å². The third-order valence-corrected chi connectivity index (χ3v) is 1.77. The topological polar surface area (TPSA) is 60.9 Å². The number of aryl methyl sites for hydroxylation is 1. The molecule has 0 unspecified atom stereocenters. The zero-order valence-corrected chi connectivity index (χ0v) is 8.16. The van der Waals surface area contributed by atoms with Gasteiger partial charge in [0.2, 0.25) is 0 Å². The summed E-state index contributed by atoms with van der Waals surface area (Å²) in [6, 6.07) is 2.31. The van der Waals surface area contributed by atoms with Crippen molar-refractivity contribution in [3.63, 3.8) is 0 Å². The van der Waals surface area contributed by atoms with Gasteiger partial charge in [-0.1, -0.05) is 0 Å². The van der Waals surface area contributed by atoms with E-state index < -0.39 is 0 Å². The van der Waals surface area contributed by atoms with E-state index in [2.05, 4.69) is 17.1 Å². The van der Waals surface area contributed by atoms with E-state index in [1.165, 1.54) is 0 Å². The van der Waals surface area contributed by atoms with E-state index >= 15 is 0 Å². The molecule has 0 aliphatic carbocycles. The zero-order chi connectivity index (χ0) is 10.4. The summed E-state index contributed by atoms with van der Waals surface area (Å²) in [5.74, 6) is 2.91. The quantitative estimate of drug-likeness (QED) is 0.557. The van der Waals surface area contributed by atoms with Crippen molar-refractivity contribution in [2.45, 2.75) is 26.3 Å². The lowest BCUT2D eigenvalue weighted by Gasteiger charge is -1.97. The fourth-order valence-corrected chi connectivity index (χ4v) is 1.12. The Morgan fingerprint density at radius 3 is 3.14 bits per heavy atom. The van der Waals surface area contributed by atoms with Gasteiger partial charge in [0.25, 0.3) is 0 Å². The van der Waals surface area contributed by atoms with Gasteiger partial charge < -0.3 is 10.5 Å². The number of hydrogen-bond donors (Lipinski definition) is 1. The molecule has 0 radical (unpaired) electrons. The lowest BCUT2D eigenvalue weighted by atomic mass is 10.2. The van der Waals surface area contributed by atoms with Gasteiger partial charge in [0, 0.05) is 25.2 Å². The maximum Gasteiger partial charge on any atom is 0.129 e. The Balaban J connectivity index is 2.42. The van der Waals surface area contributed by atoms with Crippen LogP contribution in [0.5, 0.6) is 0 Å². The number of nitrogens with zero attached hydrogens (tertiary/aromatic N) is 2. The molecule has 0 spiro atoms. The molecule has 0 saturated heterocycles. The van der Waals surface area contributed by atoms with Crippen molar-refractivity contribution in [2.75, 3.05) is 0 Å². The molecule has 0 aromatic carbocycles. The van der Waals surface area contributed by atoms with Crippen LogP contribution in [0.2, 0.25) is 0 Å². The first-order chi connectivity index (χ1) is 6.72. The monoisotopic (exact) mass is 191 g/mol. The molecule has 0 amide bonds. The highest BCUT2D eigenvalue weighted by Crippen LogP contribution is 1.98. The number of rotatable bonds is 4. The van der Waals surface area contributed by atoms with Crippen LogP contribution in [0.15, 0.2) is 12.4 Å². The molecular formula is C10H13N3O. The van der Waals surface area contributed by atoms with Crippen molar-refractivity contribution in [1.29, 1.82) is 0 Å². The second-order valence-corrected chi connectivity index (χ2v) is 3.07.